The molecule has 1 saturated heterocycles. The van der Waals surface area contributed by atoms with E-state index in [0.29, 0.717) is 30.0 Å². The standard InChI is InChI=1S/C14H24N2O/c1-10(2)7-12-15-8-13(17)16(12)9-14(5-6-14)11-3-4-11/h10-12,15H,3-9H2,1-2H3. The smallest absolute Gasteiger partial charge is 0.237 e. The van der Waals surface area contributed by atoms with Crippen molar-refractivity contribution < 1.29 is 4.79 Å². The van der Waals surface area contributed by atoms with Crippen molar-refractivity contribution in [2.75, 3.05) is 13.1 Å². The van der Waals surface area contributed by atoms with Crippen LogP contribution >= 0.6 is 0 Å². The van der Waals surface area contributed by atoms with Gasteiger partial charge in [-0.1, -0.05) is 13.8 Å². The van der Waals surface area contributed by atoms with Gasteiger partial charge in [0.2, 0.25) is 5.91 Å². The Morgan fingerprint density at radius 3 is 2.65 bits per heavy atom. The van der Waals surface area contributed by atoms with Gasteiger partial charge in [-0.25, -0.2) is 0 Å². The van der Waals surface area contributed by atoms with Crippen molar-refractivity contribution in [2.24, 2.45) is 17.3 Å². The normalized spacial score (nSPS) is 31.4. The lowest BCUT2D eigenvalue weighted by Gasteiger charge is -2.30. The van der Waals surface area contributed by atoms with Gasteiger partial charge in [0, 0.05) is 6.54 Å². The number of hydrogen-bond acceptors (Lipinski definition) is 2. The summed E-state index contributed by atoms with van der Waals surface area (Å²) in [5.41, 5.74) is 0.539. The van der Waals surface area contributed by atoms with E-state index in [-0.39, 0.29) is 0 Å². The summed E-state index contributed by atoms with van der Waals surface area (Å²) in [5, 5.41) is 3.37. The SMILES string of the molecule is CC(C)CC1NCC(=O)N1CC1(C2CC2)CC1. The minimum atomic E-state index is 0.304. The van der Waals surface area contributed by atoms with Crippen molar-refractivity contribution in [3.05, 3.63) is 0 Å². The predicted octanol–water partition coefficient (Wildman–Crippen LogP) is 1.98. The van der Waals surface area contributed by atoms with E-state index in [9.17, 15) is 4.79 Å². The fraction of sp³-hybridized carbons (Fsp3) is 0.929. The summed E-state index contributed by atoms with van der Waals surface area (Å²) in [7, 11) is 0. The minimum Gasteiger partial charge on any atom is -0.325 e. The van der Waals surface area contributed by atoms with Gasteiger partial charge < -0.3 is 4.90 Å². The van der Waals surface area contributed by atoms with E-state index in [1.807, 2.05) is 0 Å². The molecule has 1 atom stereocenters. The van der Waals surface area contributed by atoms with E-state index >= 15 is 0 Å². The van der Waals surface area contributed by atoms with Crippen LogP contribution in [0.1, 0.15) is 46.0 Å². The number of nitrogens with one attached hydrogen (secondary N) is 1. The van der Waals surface area contributed by atoms with Crippen LogP contribution in [0.2, 0.25) is 0 Å². The van der Waals surface area contributed by atoms with Crippen LogP contribution in [0.15, 0.2) is 0 Å². The molecular formula is C14H24N2O. The first-order chi connectivity index (χ1) is 8.11. The molecule has 0 aromatic carbocycles. The topological polar surface area (TPSA) is 32.3 Å². The number of carbonyl (C=O) groups excluding carboxylic acids is 1. The lowest BCUT2D eigenvalue weighted by atomic mass is 9.99. The van der Waals surface area contributed by atoms with Crippen LogP contribution in [-0.2, 0) is 4.79 Å². The third-order valence-electron chi connectivity index (χ3n) is 4.70. The quantitative estimate of drug-likeness (QED) is 0.791. The first-order valence-electron chi connectivity index (χ1n) is 7.13. The molecule has 0 aromatic rings. The molecule has 3 heteroatoms. The van der Waals surface area contributed by atoms with Crippen LogP contribution in [0.25, 0.3) is 0 Å². The second-order valence-corrected chi connectivity index (χ2v) is 6.68. The number of amides is 1. The van der Waals surface area contributed by atoms with Gasteiger partial charge in [0.25, 0.3) is 0 Å². The highest BCUT2D eigenvalue weighted by atomic mass is 16.2. The van der Waals surface area contributed by atoms with E-state index in [2.05, 4.69) is 24.1 Å². The lowest BCUT2D eigenvalue weighted by molar-refractivity contribution is -0.129. The Labute approximate surface area is 104 Å². The summed E-state index contributed by atoms with van der Waals surface area (Å²) in [6.45, 7) is 6.05. The Morgan fingerprint density at radius 2 is 2.12 bits per heavy atom. The van der Waals surface area contributed by atoms with Crippen molar-refractivity contribution >= 4 is 5.91 Å². The Hall–Kier alpha value is -0.570. The molecule has 3 nitrogen and oxygen atoms in total. The van der Waals surface area contributed by atoms with Gasteiger partial charge in [0.1, 0.15) is 0 Å². The van der Waals surface area contributed by atoms with Crippen LogP contribution in [0.4, 0.5) is 0 Å². The van der Waals surface area contributed by atoms with Crippen molar-refractivity contribution in [3.8, 4) is 0 Å². The van der Waals surface area contributed by atoms with Gasteiger partial charge in [0.15, 0.2) is 0 Å². The molecule has 0 spiro atoms. The maximum absolute atomic E-state index is 12.0. The highest BCUT2D eigenvalue weighted by Crippen LogP contribution is 2.61. The molecule has 2 aliphatic carbocycles. The van der Waals surface area contributed by atoms with Crippen molar-refractivity contribution in [1.82, 2.24) is 10.2 Å². The third-order valence-corrected chi connectivity index (χ3v) is 4.70. The Balaban J connectivity index is 1.64. The van der Waals surface area contributed by atoms with Crippen LogP contribution in [-0.4, -0.2) is 30.1 Å². The van der Waals surface area contributed by atoms with E-state index < -0.39 is 0 Å². The summed E-state index contributed by atoms with van der Waals surface area (Å²) in [6.07, 6.45) is 6.92. The van der Waals surface area contributed by atoms with E-state index in [1.165, 1.54) is 25.7 Å². The van der Waals surface area contributed by atoms with Gasteiger partial charge in [-0.2, -0.15) is 0 Å². The molecule has 1 N–H and O–H groups in total. The molecule has 0 bridgehead atoms. The van der Waals surface area contributed by atoms with Gasteiger partial charge in [-0.3, -0.25) is 10.1 Å². The van der Waals surface area contributed by atoms with Gasteiger partial charge >= 0.3 is 0 Å². The zero-order valence-electron chi connectivity index (χ0n) is 11.0. The number of hydrogen-bond donors (Lipinski definition) is 1. The monoisotopic (exact) mass is 236 g/mol. The van der Waals surface area contributed by atoms with Crippen LogP contribution in [0, 0.1) is 17.3 Å². The maximum atomic E-state index is 12.0. The fourth-order valence-corrected chi connectivity index (χ4v) is 3.34. The molecule has 3 rings (SSSR count). The maximum Gasteiger partial charge on any atom is 0.237 e. The Kier molecular flexibility index (Phi) is 2.69. The zero-order valence-corrected chi connectivity index (χ0v) is 11.0. The largest absolute Gasteiger partial charge is 0.325 e. The minimum absolute atomic E-state index is 0.304. The van der Waals surface area contributed by atoms with Gasteiger partial charge in [0.05, 0.1) is 12.7 Å². The van der Waals surface area contributed by atoms with E-state index in [0.717, 1.165) is 18.9 Å². The molecule has 0 aromatic heterocycles. The van der Waals surface area contributed by atoms with E-state index in [4.69, 9.17) is 0 Å². The average molecular weight is 236 g/mol. The summed E-state index contributed by atoms with van der Waals surface area (Å²) in [4.78, 5) is 14.1. The molecule has 0 radical (unpaired) electrons. The highest BCUT2D eigenvalue weighted by molar-refractivity contribution is 5.80. The summed E-state index contributed by atoms with van der Waals surface area (Å²) in [5.74, 6) is 1.91. The Bertz CT molecular complexity index is 318. The second-order valence-electron chi connectivity index (χ2n) is 6.68. The third kappa shape index (κ3) is 2.22. The molecule has 1 unspecified atom stereocenters. The highest BCUT2D eigenvalue weighted by Gasteiger charge is 2.55. The summed E-state index contributed by atoms with van der Waals surface area (Å²) < 4.78 is 0. The number of nitrogens with zero attached hydrogens (tertiary/aromatic N) is 1. The second kappa shape index (κ2) is 3.98. The van der Waals surface area contributed by atoms with Crippen LogP contribution < -0.4 is 5.32 Å². The predicted molar refractivity (Wildman–Crippen MR) is 67.3 cm³/mol. The van der Waals surface area contributed by atoms with Gasteiger partial charge in [-0.15, -0.1) is 0 Å². The lowest BCUT2D eigenvalue weighted by Crippen LogP contribution is -2.42. The first kappa shape index (κ1) is 11.5. The van der Waals surface area contributed by atoms with Crippen LogP contribution in [0.5, 0.6) is 0 Å². The molecule has 3 fully saturated rings. The molecule has 96 valence electrons. The van der Waals surface area contributed by atoms with Crippen molar-refractivity contribution in [3.63, 3.8) is 0 Å². The van der Waals surface area contributed by atoms with Gasteiger partial charge in [-0.05, 0) is 49.4 Å². The number of rotatable bonds is 5. The average Bonchev–Trinajstić information content (AvgIpc) is 3.12. The summed E-state index contributed by atoms with van der Waals surface area (Å²) >= 11 is 0. The zero-order chi connectivity index (χ0) is 12.0. The fourth-order valence-electron chi connectivity index (χ4n) is 3.34. The molecule has 2 saturated carbocycles. The first-order valence-corrected chi connectivity index (χ1v) is 7.13. The molecule has 17 heavy (non-hydrogen) atoms. The van der Waals surface area contributed by atoms with Crippen LogP contribution in [0.3, 0.4) is 0 Å². The summed E-state index contributed by atoms with van der Waals surface area (Å²) in [6, 6.07) is 0. The number of carbonyl (C=O) groups is 1. The Morgan fingerprint density at radius 1 is 1.41 bits per heavy atom. The molecule has 1 aliphatic heterocycles. The molecule has 3 aliphatic rings. The van der Waals surface area contributed by atoms with Crippen molar-refractivity contribution in [2.45, 2.75) is 52.1 Å². The molecule has 1 heterocycles. The molecule has 1 amide bonds. The molecular weight excluding hydrogens is 212 g/mol. The van der Waals surface area contributed by atoms with E-state index in [1.54, 1.807) is 0 Å². The van der Waals surface area contributed by atoms with Crippen molar-refractivity contribution in [1.29, 1.82) is 0 Å².